The summed E-state index contributed by atoms with van der Waals surface area (Å²) in [5.74, 6) is 0. The van der Waals surface area contributed by atoms with Crippen LogP contribution < -0.4 is 20.7 Å². The zero-order valence-electron chi connectivity index (χ0n) is 43.9. The third-order valence-corrected chi connectivity index (χ3v) is 17.2. The normalized spacial score (nSPS) is 14.0. The van der Waals surface area contributed by atoms with Gasteiger partial charge in [-0.3, -0.25) is 0 Å². The van der Waals surface area contributed by atoms with Gasteiger partial charge in [-0.25, -0.2) is 0 Å². The highest BCUT2D eigenvalue weighted by molar-refractivity contribution is 7.20. The lowest BCUT2D eigenvalue weighted by Gasteiger charge is -2.34. The van der Waals surface area contributed by atoms with Crippen LogP contribution in [0.2, 0.25) is 0 Å². The molecule has 0 fully saturated rings. The van der Waals surface area contributed by atoms with E-state index in [-0.39, 0.29) is 22.3 Å². The molecule has 0 bridgehead atoms. The minimum atomic E-state index is -2.95. The molecule has 12 rings (SSSR count). The Morgan fingerprint density at radius 3 is 1.33 bits per heavy atom. The number of nitrogens with zero attached hydrogens (tertiary/aromatic N) is 2. The smallest absolute Gasteiger partial charge is 0.179 e. The third kappa shape index (κ3) is 5.85. The zero-order chi connectivity index (χ0) is 50.4. The van der Waals surface area contributed by atoms with Crippen molar-refractivity contribution < 1.29 is 13.7 Å². The topological polar surface area (TPSA) is 9.86 Å². The molecule has 2 nitrogen and oxygen atoms in total. The van der Waals surface area contributed by atoms with E-state index in [2.05, 4.69) is 150 Å². The monoisotopic (exact) mass is 828 g/mol. The van der Waals surface area contributed by atoms with Gasteiger partial charge in [-0.1, -0.05) is 218 Å². The molecule has 2 aromatic heterocycles. The van der Waals surface area contributed by atoms with Gasteiger partial charge in [-0.15, -0.1) is 0 Å². The molecule has 0 amide bonds. The Morgan fingerprint density at radius 1 is 0.317 bits per heavy atom. The number of benzene rings is 10. The molecule has 0 aliphatic heterocycles. The van der Waals surface area contributed by atoms with E-state index < -0.39 is 68.5 Å². The van der Waals surface area contributed by atoms with Crippen LogP contribution >= 0.6 is 0 Å². The van der Waals surface area contributed by atoms with Gasteiger partial charge in [0.15, 0.2) is 8.07 Å². The lowest BCUT2D eigenvalue weighted by atomic mass is 9.95. The van der Waals surface area contributed by atoms with E-state index in [0.29, 0.717) is 16.7 Å². The van der Waals surface area contributed by atoms with Gasteiger partial charge in [0, 0.05) is 38.4 Å². The van der Waals surface area contributed by atoms with E-state index in [0.717, 1.165) is 38.3 Å². The highest BCUT2D eigenvalue weighted by atomic mass is 28.3. The van der Waals surface area contributed by atoms with Gasteiger partial charge in [-0.05, 0) is 68.3 Å². The van der Waals surface area contributed by atoms with E-state index in [1.165, 1.54) is 20.7 Å². The molecule has 0 saturated carbocycles. The van der Waals surface area contributed by atoms with E-state index in [1.807, 2.05) is 34.9 Å². The second-order valence-corrected chi connectivity index (χ2v) is 19.5. The highest BCUT2D eigenvalue weighted by Gasteiger charge is 2.41. The summed E-state index contributed by atoms with van der Waals surface area (Å²) in [6.07, 6.45) is 0. The second kappa shape index (κ2) is 15.2. The Labute approximate surface area is 382 Å². The number of hydrogen-bond acceptors (Lipinski definition) is 0. The van der Waals surface area contributed by atoms with Crippen molar-refractivity contribution >= 4 is 72.4 Å². The van der Waals surface area contributed by atoms with Gasteiger partial charge >= 0.3 is 0 Å². The molecule has 0 spiro atoms. The summed E-state index contributed by atoms with van der Waals surface area (Å²) in [6, 6.07) is 61.9. The second-order valence-electron chi connectivity index (χ2n) is 15.7. The van der Waals surface area contributed by atoms with Crippen molar-refractivity contribution in [3.8, 4) is 33.6 Å². The standard InChI is InChI=1S/C60H42N2Si/c1-6-21-43(22-7-1)50-33-20-34-51(44-23-8-2-9-24-44)60(50)62-57-36-19-17-32-53(57)55-41-45(37-40-58(55)62)61-56-35-18-16-31-52(56)54-39-38-49(42-59(54)61)63(46-25-10-3-11-26-46,47-27-12-4-13-28-47)48-29-14-5-15-30-48/h1-42H/i1D,2D,6D,7D,8D,9D,21D,22D,23D,24D. The highest BCUT2D eigenvalue weighted by Crippen LogP contribution is 2.42. The van der Waals surface area contributed by atoms with Crippen molar-refractivity contribution in [3.63, 3.8) is 0 Å². The molecule has 0 aliphatic rings. The number of rotatable bonds is 8. The summed E-state index contributed by atoms with van der Waals surface area (Å²) in [4.78, 5) is 0. The Balaban J connectivity index is 1.17. The van der Waals surface area contributed by atoms with Gasteiger partial charge < -0.3 is 9.13 Å². The van der Waals surface area contributed by atoms with Crippen molar-refractivity contribution in [1.29, 1.82) is 0 Å². The van der Waals surface area contributed by atoms with Crippen LogP contribution in [0.25, 0.3) is 77.2 Å². The van der Waals surface area contributed by atoms with Gasteiger partial charge in [0.1, 0.15) is 0 Å². The molecule has 0 N–H and O–H groups in total. The summed E-state index contributed by atoms with van der Waals surface area (Å²) in [5, 5.41) is 8.85. The van der Waals surface area contributed by atoms with E-state index >= 15 is 0 Å². The van der Waals surface area contributed by atoms with E-state index in [4.69, 9.17) is 8.22 Å². The molecule has 3 heteroatoms. The molecule has 0 atom stereocenters. The Morgan fingerprint density at radius 2 is 0.778 bits per heavy atom. The largest absolute Gasteiger partial charge is 0.309 e. The van der Waals surface area contributed by atoms with Crippen LogP contribution in [0.5, 0.6) is 0 Å². The fourth-order valence-electron chi connectivity index (χ4n) is 9.84. The number of aromatic nitrogens is 2. The quantitative estimate of drug-likeness (QED) is 0.107. The predicted octanol–water partition coefficient (Wildman–Crippen LogP) is 12.6. The maximum Gasteiger partial charge on any atom is 0.179 e. The van der Waals surface area contributed by atoms with Gasteiger partial charge in [0.2, 0.25) is 0 Å². The average molecular weight is 829 g/mol. The molecule has 2 heterocycles. The van der Waals surface area contributed by atoms with Crippen LogP contribution in [0, 0.1) is 0 Å². The molecule has 12 aromatic rings. The number of fused-ring (bicyclic) bond motifs is 6. The SMILES string of the molecule is [2H]c1c([2H])c([2H])c(-c2cccc(-c3c([2H])c([2H])c([2H])c([2H])c3[2H])c2-n2c3ccccc3c3cc(-n4c5ccccc5c5ccc([Si](c6ccccc6)(c6ccccc6)c6ccccc6)cc54)ccc32)c([2H])c1[2H]. The van der Waals surface area contributed by atoms with Crippen LogP contribution in [0.1, 0.15) is 13.7 Å². The third-order valence-electron chi connectivity index (χ3n) is 12.4. The first kappa shape index (κ1) is 27.8. The lowest BCUT2D eigenvalue weighted by molar-refractivity contribution is 1.17. The van der Waals surface area contributed by atoms with Crippen molar-refractivity contribution in [2.75, 3.05) is 0 Å². The van der Waals surface area contributed by atoms with Crippen LogP contribution in [0.4, 0.5) is 0 Å². The zero-order valence-corrected chi connectivity index (χ0v) is 34.9. The predicted molar refractivity (Wildman–Crippen MR) is 270 cm³/mol. The first-order chi connectivity index (χ1) is 35.4. The van der Waals surface area contributed by atoms with E-state index in [9.17, 15) is 5.48 Å². The van der Waals surface area contributed by atoms with Crippen LogP contribution in [-0.2, 0) is 0 Å². The first-order valence-electron chi connectivity index (χ1n) is 25.9. The Bertz CT molecular complexity index is 3970. The fourth-order valence-corrected chi connectivity index (χ4v) is 14.6. The summed E-state index contributed by atoms with van der Waals surface area (Å²) < 4.78 is 92.6. The fraction of sp³-hybridized carbons (Fsp3) is 0. The Hall–Kier alpha value is -7.98. The summed E-state index contributed by atoms with van der Waals surface area (Å²) in [6.45, 7) is 0. The minimum absolute atomic E-state index is 0.0833. The first-order valence-corrected chi connectivity index (χ1v) is 22.9. The molecule has 0 aliphatic carbocycles. The maximum absolute atomic E-state index is 9.18. The summed E-state index contributed by atoms with van der Waals surface area (Å²) >= 11 is 0. The summed E-state index contributed by atoms with van der Waals surface area (Å²) in [7, 11) is -2.95. The van der Waals surface area contributed by atoms with Gasteiger partial charge in [0.05, 0.1) is 41.5 Å². The van der Waals surface area contributed by atoms with Gasteiger partial charge in [0.25, 0.3) is 0 Å². The molecule has 0 saturated heterocycles. The molecule has 63 heavy (non-hydrogen) atoms. The minimum Gasteiger partial charge on any atom is -0.309 e. The van der Waals surface area contributed by atoms with Gasteiger partial charge in [-0.2, -0.15) is 0 Å². The molecular weight excluding hydrogens is 777 g/mol. The Kier molecular flexibility index (Phi) is 6.69. The number of para-hydroxylation sites is 3. The van der Waals surface area contributed by atoms with E-state index in [1.54, 1.807) is 18.2 Å². The molecule has 0 unspecified atom stereocenters. The summed E-state index contributed by atoms with van der Waals surface area (Å²) in [5.41, 5.74) is 4.88. The number of hydrogen-bond donors (Lipinski definition) is 0. The van der Waals surface area contributed by atoms with Crippen molar-refractivity contribution in [1.82, 2.24) is 9.13 Å². The molecule has 10 aromatic carbocycles. The van der Waals surface area contributed by atoms with Crippen molar-refractivity contribution in [3.05, 3.63) is 255 Å². The molecule has 296 valence electrons. The average Bonchev–Trinajstić information content (AvgIpc) is 3.94. The lowest BCUT2D eigenvalue weighted by Crippen LogP contribution is -2.74. The van der Waals surface area contributed by atoms with Crippen LogP contribution in [0.15, 0.2) is 255 Å². The molecule has 0 radical (unpaired) electrons. The van der Waals surface area contributed by atoms with Crippen molar-refractivity contribution in [2.24, 2.45) is 0 Å². The maximum atomic E-state index is 9.18. The molecular formula is C60H42N2Si. The van der Waals surface area contributed by atoms with Crippen molar-refractivity contribution in [2.45, 2.75) is 0 Å². The van der Waals surface area contributed by atoms with Crippen LogP contribution in [0.3, 0.4) is 0 Å². The van der Waals surface area contributed by atoms with Crippen LogP contribution in [-0.4, -0.2) is 17.2 Å².